The topological polar surface area (TPSA) is 78.9 Å². The average molecular weight is 697 g/mol. The van der Waals surface area contributed by atoms with E-state index in [9.17, 15) is 14.4 Å². The fourth-order valence-electron chi connectivity index (χ4n) is 5.00. The molecule has 0 aliphatic heterocycles. The molecule has 284 valence electrons. The molecule has 0 aliphatic carbocycles. The van der Waals surface area contributed by atoms with Crippen molar-refractivity contribution in [2.45, 2.75) is 175 Å². The van der Waals surface area contributed by atoms with Crippen LogP contribution < -0.4 is 0 Å². The van der Waals surface area contributed by atoms with Crippen LogP contribution >= 0.6 is 0 Å². The molecule has 0 aliphatic rings. The van der Waals surface area contributed by atoms with E-state index in [0.717, 1.165) is 83.5 Å². The molecule has 6 nitrogen and oxygen atoms in total. The van der Waals surface area contributed by atoms with Crippen molar-refractivity contribution in [1.82, 2.24) is 0 Å². The van der Waals surface area contributed by atoms with Crippen LogP contribution in [0.1, 0.15) is 168 Å². The fourth-order valence-corrected chi connectivity index (χ4v) is 5.00. The molecule has 1 atom stereocenters. The number of rotatable bonds is 34. The van der Waals surface area contributed by atoms with Crippen LogP contribution in [0.15, 0.2) is 72.9 Å². The lowest BCUT2D eigenvalue weighted by Crippen LogP contribution is -2.30. The molecular weight excluding hydrogens is 624 g/mol. The van der Waals surface area contributed by atoms with E-state index in [0.29, 0.717) is 12.8 Å². The second kappa shape index (κ2) is 38.6. The van der Waals surface area contributed by atoms with Gasteiger partial charge in [-0.05, 0) is 83.5 Å². The van der Waals surface area contributed by atoms with Crippen LogP contribution in [0.2, 0.25) is 0 Å². The van der Waals surface area contributed by atoms with E-state index in [1.165, 1.54) is 44.9 Å². The molecule has 0 aromatic heterocycles. The number of ether oxygens (including phenoxy) is 3. The zero-order valence-corrected chi connectivity index (χ0v) is 32.1. The highest BCUT2D eigenvalue weighted by molar-refractivity contribution is 5.72. The first-order valence-corrected chi connectivity index (χ1v) is 19.9. The minimum atomic E-state index is -0.838. The van der Waals surface area contributed by atoms with Gasteiger partial charge in [-0.1, -0.05) is 139 Å². The van der Waals surface area contributed by atoms with E-state index in [2.05, 4.69) is 81.5 Å². The van der Waals surface area contributed by atoms with E-state index in [1.54, 1.807) is 6.08 Å². The fraction of sp³-hybridized carbons (Fsp3) is 0.659. The first kappa shape index (κ1) is 46.9. The Morgan fingerprint density at radius 1 is 0.440 bits per heavy atom. The molecule has 1 unspecified atom stereocenters. The summed E-state index contributed by atoms with van der Waals surface area (Å²) in [6.07, 6.45) is 46.5. The quantitative estimate of drug-likeness (QED) is 0.0288. The lowest BCUT2D eigenvalue weighted by Gasteiger charge is -2.18. The Labute approximate surface area is 306 Å². The number of hydrogen-bond donors (Lipinski definition) is 0. The standard InChI is InChI=1S/C44H72O6/c1-4-7-10-13-16-19-20-21-22-23-26-28-31-34-37-43(46)49-40-41(50-44(47)38-35-32-29-25-18-15-12-9-6-3)39-48-42(45)36-33-30-27-24-17-14-11-8-5-2/h8-9,11-12,17-18,22-25,32,35,41H,4-7,10,13-16,19-21,26-31,33-34,36-40H2,1-3H3/b11-8-,12-9-,23-22-,24-17-,25-18-,35-32-. The zero-order chi connectivity index (χ0) is 36.6. The van der Waals surface area contributed by atoms with Gasteiger partial charge in [0, 0.05) is 12.8 Å². The van der Waals surface area contributed by atoms with E-state index in [4.69, 9.17) is 14.2 Å². The highest BCUT2D eigenvalue weighted by Gasteiger charge is 2.19. The molecular formula is C44H72O6. The molecule has 50 heavy (non-hydrogen) atoms. The first-order chi connectivity index (χ1) is 24.5. The monoisotopic (exact) mass is 697 g/mol. The highest BCUT2D eigenvalue weighted by Crippen LogP contribution is 2.11. The van der Waals surface area contributed by atoms with Crippen LogP contribution in [-0.4, -0.2) is 37.2 Å². The molecule has 0 radical (unpaired) electrons. The molecule has 0 heterocycles. The molecule has 0 rings (SSSR count). The third-order valence-corrected chi connectivity index (χ3v) is 7.96. The number of esters is 3. The minimum absolute atomic E-state index is 0.0945. The van der Waals surface area contributed by atoms with Crippen molar-refractivity contribution in [2.75, 3.05) is 13.2 Å². The summed E-state index contributed by atoms with van der Waals surface area (Å²) in [5.74, 6) is -1.12. The molecule has 0 aromatic rings. The SMILES string of the molecule is CC/C=C\C/C=C\C/C=C\CC(=O)OC(COC(=O)CCCC/C=C\C/C=C\CC)COC(=O)CCCCC/C=C\CCCCCCCCC. The van der Waals surface area contributed by atoms with E-state index >= 15 is 0 Å². The van der Waals surface area contributed by atoms with Crippen LogP contribution in [0.4, 0.5) is 0 Å². The molecule has 0 N–H and O–H groups in total. The summed E-state index contributed by atoms with van der Waals surface area (Å²) in [5.41, 5.74) is 0. The number of allylic oxidation sites excluding steroid dienone is 11. The predicted molar refractivity (Wildman–Crippen MR) is 210 cm³/mol. The van der Waals surface area contributed by atoms with Crippen molar-refractivity contribution in [1.29, 1.82) is 0 Å². The second-order valence-corrected chi connectivity index (χ2v) is 12.8. The van der Waals surface area contributed by atoms with Crippen molar-refractivity contribution < 1.29 is 28.6 Å². The van der Waals surface area contributed by atoms with Gasteiger partial charge >= 0.3 is 17.9 Å². The lowest BCUT2D eigenvalue weighted by molar-refractivity contribution is -0.166. The van der Waals surface area contributed by atoms with Crippen LogP contribution in [0.25, 0.3) is 0 Å². The van der Waals surface area contributed by atoms with Gasteiger partial charge in [-0.15, -0.1) is 0 Å². The van der Waals surface area contributed by atoms with Crippen molar-refractivity contribution >= 4 is 17.9 Å². The summed E-state index contributed by atoms with van der Waals surface area (Å²) in [5, 5.41) is 0. The largest absolute Gasteiger partial charge is 0.462 e. The Bertz CT molecular complexity index is 986. The third-order valence-electron chi connectivity index (χ3n) is 7.96. The van der Waals surface area contributed by atoms with Gasteiger partial charge < -0.3 is 14.2 Å². The van der Waals surface area contributed by atoms with Gasteiger partial charge in [0.25, 0.3) is 0 Å². The van der Waals surface area contributed by atoms with Crippen molar-refractivity contribution in [3.63, 3.8) is 0 Å². The Kier molecular flexibility index (Phi) is 36.2. The summed E-state index contributed by atoms with van der Waals surface area (Å²) in [7, 11) is 0. The van der Waals surface area contributed by atoms with Crippen molar-refractivity contribution in [3.05, 3.63) is 72.9 Å². The summed E-state index contributed by atoms with van der Waals surface area (Å²) < 4.78 is 16.4. The maximum atomic E-state index is 12.5. The van der Waals surface area contributed by atoms with Crippen LogP contribution in [-0.2, 0) is 28.6 Å². The molecule has 0 saturated heterocycles. The average Bonchev–Trinajstić information content (AvgIpc) is 3.11. The summed E-state index contributed by atoms with van der Waals surface area (Å²) in [6, 6.07) is 0. The molecule has 0 aromatic carbocycles. The normalized spacial score (nSPS) is 12.8. The van der Waals surface area contributed by atoms with Gasteiger partial charge in [-0.2, -0.15) is 0 Å². The van der Waals surface area contributed by atoms with Crippen molar-refractivity contribution in [3.8, 4) is 0 Å². The third kappa shape index (κ3) is 36.1. The second-order valence-electron chi connectivity index (χ2n) is 12.8. The Hall–Kier alpha value is -3.15. The van der Waals surface area contributed by atoms with Crippen molar-refractivity contribution in [2.24, 2.45) is 0 Å². The molecule has 6 heteroatoms. The molecule has 0 amide bonds. The van der Waals surface area contributed by atoms with E-state index in [-0.39, 0.29) is 31.6 Å². The lowest BCUT2D eigenvalue weighted by atomic mass is 10.1. The van der Waals surface area contributed by atoms with E-state index in [1.807, 2.05) is 6.08 Å². The van der Waals surface area contributed by atoms with Crippen LogP contribution in [0.3, 0.4) is 0 Å². The molecule has 0 spiro atoms. The van der Waals surface area contributed by atoms with Gasteiger partial charge in [0.15, 0.2) is 6.10 Å². The summed E-state index contributed by atoms with van der Waals surface area (Å²) in [6.45, 7) is 6.21. The van der Waals surface area contributed by atoms with Gasteiger partial charge in [-0.25, -0.2) is 0 Å². The smallest absolute Gasteiger partial charge is 0.310 e. The minimum Gasteiger partial charge on any atom is -0.462 e. The number of carbonyl (C=O) groups is 3. The highest BCUT2D eigenvalue weighted by atomic mass is 16.6. The Morgan fingerprint density at radius 3 is 1.38 bits per heavy atom. The first-order valence-electron chi connectivity index (χ1n) is 19.9. The van der Waals surface area contributed by atoms with Gasteiger partial charge in [0.1, 0.15) is 13.2 Å². The summed E-state index contributed by atoms with van der Waals surface area (Å²) >= 11 is 0. The van der Waals surface area contributed by atoms with Gasteiger partial charge in [0.2, 0.25) is 0 Å². The number of hydrogen-bond acceptors (Lipinski definition) is 6. The Balaban J connectivity index is 4.49. The van der Waals surface area contributed by atoms with Gasteiger partial charge in [-0.3, -0.25) is 14.4 Å². The Morgan fingerprint density at radius 2 is 0.840 bits per heavy atom. The number of carbonyl (C=O) groups excluding carboxylic acids is 3. The zero-order valence-electron chi connectivity index (χ0n) is 32.1. The maximum absolute atomic E-state index is 12.5. The van der Waals surface area contributed by atoms with Gasteiger partial charge in [0.05, 0.1) is 6.42 Å². The van der Waals surface area contributed by atoms with E-state index < -0.39 is 12.1 Å². The predicted octanol–water partition coefficient (Wildman–Crippen LogP) is 12.4. The maximum Gasteiger partial charge on any atom is 0.310 e. The summed E-state index contributed by atoms with van der Waals surface area (Å²) in [4.78, 5) is 37.3. The van der Waals surface area contributed by atoms with Crippen LogP contribution in [0, 0.1) is 0 Å². The molecule has 0 bridgehead atoms. The van der Waals surface area contributed by atoms with Crippen LogP contribution in [0.5, 0.6) is 0 Å². The molecule has 0 saturated carbocycles. The molecule has 0 fully saturated rings. The number of unbranched alkanes of at least 4 members (excludes halogenated alkanes) is 12.